The molecule has 0 aliphatic carbocycles. The van der Waals surface area contributed by atoms with Gasteiger partial charge in [-0.3, -0.25) is 19.3 Å². The third-order valence-corrected chi connectivity index (χ3v) is 5.52. The Balaban J connectivity index is 1.98. The number of nitrogens with zero attached hydrogens (tertiary/aromatic N) is 2. The number of carbonyl (C=O) groups excluding carboxylic acids is 3. The number of benzene rings is 1. The fraction of sp³-hybridized carbons (Fsp3) is 0.438. The van der Waals surface area contributed by atoms with E-state index in [1.54, 1.807) is 11.9 Å². The number of carbonyl (C=O) groups is 3. The van der Waals surface area contributed by atoms with Crippen LogP contribution in [0.15, 0.2) is 24.3 Å². The molecule has 0 bridgehead atoms. The van der Waals surface area contributed by atoms with Crippen LogP contribution in [0.2, 0.25) is 0 Å². The Morgan fingerprint density at radius 1 is 1.05 bits per heavy atom. The third kappa shape index (κ3) is 1.23. The minimum Gasteiger partial charge on any atom is -0.326 e. The number of imide groups is 1. The van der Waals surface area contributed by atoms with Crippen molar-refractivity contribution in [1.29, 1.82) is 0 Å². The Morgan fingerprint density at radius 2 is 1.73 bits per heavy atom. The zero-order valence-electron chi connectivity index (χ0n) is 12.7. The number of nitrogens with two attached hydrogens (primary N) is 1. The quantitative estimate of drug-likeness (QED) is 0.628. The molecule has 114 valence electrons. The van der Waals surface area contributed by atoms with Gasteiger partial charge in [-0.1, -0.05) is 18.2 Å². The summed E-state index contributed by atoms with van der Waals surface area (Å²) in [5.74, 6) is -1.56. The summed E-state index contributed by atoms with van der Waals surface area (Å²) in [7, 11) is 3.24. The first kappa shape index (κ1) is 13.5. The van der Waals surface area contributed by atoms with E-state index in [0.29, 0.717) is 0 Å². The fourth-order valence-electron chi connectivity index (χ4n) is 4.55. The number of amides is 3. The first-order valence-corrected chi connectivity index (χ1v) is 7.46. The maximum atomic E-state index is 13.0. The number of likely N-dealkylation sites (tertiary alicyclic amines) is 1. The van der Waals surface area contributed by atoms with Crippen molar-refractivity contribution in [2.24, 2.45) is 11.8 Å². The van der Waals surface area contributed by atoms with E-state index in [2.05, 4.69) is 0 Å². The highest BCUT2D eigenvalue weighted by Gasteiger charge is 2.73. The van der Waals surface area contributed by atoms with Crippen LogP contribution in [0.25, 0.3) is 0 Å². The molecule has 2 fully saturated rings. The normalized spacial score (nSPS) is 36.5. The second kappa shape index (κ2) is 3.95. The number of quaternary nitrogens is 1. The van der Waals surface area contributed by atoms with Gasteiger partial charge in [-0.15, -0.1) is 0 Å². The number of anilines is 1. The molecule has 3 aliphatic rings. The van der Waals surface area contributed by atoms with Crippen LogP contribution in [0.5, 0.6) is 0 Å². The SMILES string of the molecule is C[C@H]1[NH2+][C@]2(C(=O)N(C)c3ccccc32)[C@@H]2C(=O)N(C)C(=O)[C@H]21. The van der Waals surface area contributed by atoms with Gasteiger partial charge in [-0.25, -0.2) is 0 Å². The topological polar surface area (TPSA) is 74.3 Å². The van der Waals surface area contributed by atoms with Gasteiger partial charge in [-0.05, 0) is 13.0 Å². The molecule has 6 nitrogen and oxygen atoms in total. The molecule has 4 atom stereocenters. The number of hydrogen-bond donors (Lipinski definition) is 1. The maximum Gasteiger partial charge on any atom is 0.293 e. The van der Waals surface area contributed by atoms with Crippen molar-refractivity contribution in [3.8, 4) is 0 Å². The molecular weight excluding hydrogens is 282 g/mol. The van der Waals surface area contributed by atoms with Gasteiger partial charge < -0.3 is 10.2 Å². The zero-order valence-corrected chi connectivity index (χ0v) is 12.7. The molecule has 1 aromatic carbocycles. The minimum atomic E-state index is -0.993. The molecule has 22 heavy (non-hydrogen) atoms. The number of fused-ring (bicyclic) bond motifs is 4. The van der Waals surface area contributed by atoms with Crippen LogP contribution in [0, 0.1) is 11.8 Å². The Bertz CT molecular complexity index is 731. The van der Waals surface area contributed by atoms with Gasteiger partial charge in [0.05, 0.1) is 11.7 Å². The van der Waals surface area contributed by atoms with Crippen molar-refractivity contribution < 1.29 is 19.7 Å². The summed E-state index contributed by atoms with van der Waals surface area (Å²) in [6, 6.07) is 7.45. The molecule has 0 radical (unpaired) electrons. The first-order valence-electron chi connectivity index (χ1n) is 7.46. The molecule has 1 aromatic rings. The molecule has 3 heterocycles. The fourth-order valence-corrected chi connectivity index (χ4v) is 4.55. The Kier molecular flexibility index (Phi) is 2.42. The maximum absolute atomic E-state index is 13.0. The predicted octanol–water partition coefficient (Wildman–Crippen LogP) is -0.945. The molecule has 2 N–H and O–H groups in total. The van der Waals surface area contributed by atoms with Crippen LogP contribution >= 0.6 is 0 Å². The van der Waals surface area contributed by atoms with Crippen LogP contribution in [-0.2, 0) is 19.9 Å². The first-order chi connectivity index (χ1) is 10.4. The second-order valence-electron chi connectivity index (χ2n) is 6.52. The van der Waals surface area contributed by atoms with Crippen molar-refractivity contribution in [2.45, 2.75) is 18.5 Å². The van der Waals surface area contributed by atoms with Gasteiger partial charge in [0.25, 0.3) is 5.91 Å². The standard InChI is InChI=1S/C16H17N3O3/c1-8-11-12(14(21)19(3)13(11)20)16(17-8)9-6-4-5-7-10(9)18(2)15(16)22/h4-8,11-12,17H,1-3H3/p+1/t8-,11+,12+,16+/m1/s1. The predicted molar refractivity (Wildman–Crippen MR) is 77.7 cm³/mol. The number of likely N-dealkylation sites (N-methyl/N-ethyl adjacent to an activating group) is 1. The lowest BCUT2D eigenvalue weighted by Gasteiger charge is -2.25. The van der Waals surface area contributed by atoms with Gasteiger partial charge in [0, 0.05) is 19.7 Å². The number of rotatable bonds is 0. The summed E-state index contributed by atoms with van der Waals surface area (Å²) in [5, 5.41) is 1.93. The lowest BCUT2D eigenvalue weighted by atomic mass is 9.76. The smallest absolute Gasteiger partial charge is 0.293 e. The lowest BCUT2D eigenvalue weighted by Crippen LogP contribution is -2.98. The van der Waals surface area contributed by atoms with Crippen molar-refractivity contribution in [3.05, 3.63) is 29.8 Å². The van der Waals surface area contributed by atoms with E-state index in [1.165, 1.54) is 11.9 Å². The minimum absolute atomic E-state index is 0.102. The third-order valence-electron chi connectivity index (χ3n) is 5.52. The summed E-state index contributed by atoms with van der Waals surface area (Å²) in [6.45, 7) is 1.92. The van der Waals surface area contributed by atoms with Gasteiger partial charge in [0.15, 0.2) is 0 Å². The average molecular weight is 300 g/mol. The number of hydrogen-bond acceptors (Lipinski definition) is 3. The molecule has 0 aromatic heterocycles. The van der Waals surface area contributed by atoms with Crippen molar-refractivity contribution in [3.63, 3.8) is 0 Å². The van der Waals surface area contributed by atoms with E-state index in [0.717, 1.165) is 11.3 Å². The largest absolute Gasteiger partial charge is 0.326 e. The summed E-state index contributed by atoms with van der Waals surface area (Å²) in [4.78, 5) is 40.9. The molecule has 3 aliphatic heterocycles. The van der Waals surface area contributed by atoms with E-state index >= 15 is 0 Å². The van der Waals surface area contributed by atoms with Crippen molar-refractivity contribution in [2.75, 3.05) is 19.0 Å². The van der Waals surface area contributed by atoms with Crippen LogP contribution in [0.3, 0.4) is 0 Å². The Morgan fingerprint density at radius 3 is 2.45 bits per heavy atom. The van der Waals surface area contributed by atoms with E-state index in [9.17, 15) is 14.4 Å². The van der Waals surface area contributed by atoms with Gasteiger partial charge in [-0.2, -0.15) is 0 Å². The van der Waals surface area contributed by atoms with Crippen molar-refractivity contribution >= 4 is 23.4 Å². The molecule has 2 saturated heterocycles. The van der Waals surface area contributed by atoms with Crippen LogP contribution in [0.4, 0.5) is 5.69 Å². The van der Waals surface area contributed by atoms with Crippen LogP contribution < -0.4 is 10.2 Å². The molecular formula is C16H18N3O3+. The zero-order chi connectivity index (χ0) is 15.8. The van der Waals surface area contributed by atoms with E-state index < -0.39 is 17.4 Å². The molecule has 1 spiro atoms. The van der Waals surface area contributed by atoms with Crippen LogP contribution in [0.1, 0.15) is 12.5 Å². The lowest BCUT2D eigenvalue weighted by molar-refractivity contribution is -0.730. The monoisotopic (exact) mass is 300 g/mol. The van der Waals surface area contributed by atoms with E-state index in [1.807, 2.05) is 36.5 Å². The molecule has 0 unspecified atom stereocenters. The highest BCUT2D eigenvalue weighted by Crippen LogP contribution is 2.49. The van der Waals surface area contributed by atoms with E-state index in [-0.39, 0.29) is 23.8 Å². The molecule has 3 amide bonds. The van der Waals surface area contributed by atoms with Crippen molar-refractivity contribution in [1.82, 2.24) is 4.90 Å². The second-order valence-corrected chi connectivity index (χ2v) is 6.52. The summed E-state index contributed by atoms with van der Waals surface area (Å²) in [5.41, 5.74) is 0.678. The highest BCUT2D eigenvalue weighted by molar-refractivity contribution is 6.14. The van der Waals surface area contributed by atoms with E-state index in [4.69, 9.17) is 0 Å². The van der Waals surface area contributed by atoms with Gasteiger partial charge in [0.1, 0.15) is 11.8 Å². The average Bonchev–Trinajstić information content (AvgIpc) is 3.03. The number of para-hydroxylation sites is 1. The summed E-state index contributed by atoms with van der Waals surface area (Å²) in [6.07, 6.45) is 0. The highest BCUT2D eigenvalue weighted by atomic mass is 16.2. The molecule has 4 rings (SSSR count). The summed E-state index contributed by atoms with van der Waals surface area (Å²) >= 11 is 0. The van der Waals surface area contributed by atoms with Crippen LogP contribution in [-0.4, -0.2) is 42.8 Å². The van der Waals surface area contributed by atoms with Gasteiger partial charge in [0.2, 0.25) is 17.4 Å². The van der Waals surface area contributed by atoms with Gasteiger partial charge >= 0.3 is 0 Å². The molecule has 6 heteroatoms. The Hall–Kier alpha value is -2.21. The Labute approximate surface area is 128 Å². The molecule has 0 saturated carbocycles. The summed E-state index contributed by atoms with van der Waals surface area (Å²) < 4.78 is 0.